The first-order chi connectivity index (χ1) is 31.2. The molecule has 63 heavy (non-hydrogen) atoms. The van der Waals surface area contributed by atoms with Gasteiger partial charge in [0.15, 0.2) is 17.3 Å². The van der Waals surface area contributed by atoms with E-state index in [1.807, 2.05) is 12.1 Å². The lowest BCUT2D eigenvalue weighted by Gasteiger charge is -2.33. The van der Waals surface area contributed by atoms with Gasteiger partial charge in [0.05, 0.1) is 33.6 Å². The number of para-hydroxylation sites is 3. The number of fused-ring (bicyclic) bond motifs is 10. The van der Waals surface area contributed by atoms with E-state index in [-0.39, 0.29) is 0 Å². The summed E-state index contributed by atoms with van der Waals surface area (Å²) in [4.78, 5) is 12.9. The highest BCUT2D eigenvalue weighted by molar-refractivity contribution is 6.13. The lowest BCUT2D eigenvalue weighted by atomic mass is 9.92. The van der Waals surface area contributed by atoms with E-state index in [0.717, 1.165) is 102 Å². The molecule has 1 aliphatic carbocycles. The van der Waals surface area contributed by atoms with E-state index >= 15 is 0 Å². The average Bonchev–Trinajstić information content (AvgIpc) is 3.70. The van der Waals surface area contributed by atoms with Gasteiger partial charge in [-0.3, -0.25) is 0 Å². The van der Waals surface area contributed by atoms with Crippen LogP contribution in [-0.2, 0) is 6.42 Å². The lowest BCUT2D eigenvalue weighted by Crippen LogP contribution is -2.15. The summed E-state index contributed by atoms with van der Waals surface area (Å²) in [6, 6.07) is 68.9. The Kier molecular flexibility index (Phi) is 7.97. The molecule has 0 saturated carbocycles. The van der Waals surface area contributed by atoms with Gasteiger partial charge in [-0.1, -0.05) is 133 Å². The number of rotatable bonds is 5. The molecule has 0 bridgehead atoms. The molecule has 0 N–H and O–H groups in total. The molecule has 2 aliphatic rings. The van der Waals surface area contributed by atoms with Crippen LogP contribution in [0.25, 0.3) is 89.0 Å². The third kappa shape index (κ3) is 5.70. The van der Waals surface area contributed by atoms with Crippen molar-refractivity contribution in [3.8, 4) is 51.0 Å². The molecular weight excluding hydrogens is 769 g/mol. The van der Waals surface area contributed by atoms with E-state index in [1.165, 1.54) is 27.4 Å². The second kappa shape index (κ2) is 14.2. The summed E-state index contributed by atoms with van der Waals surface area (Å²) in [5.41, 5.74) is 15.4. The number of ether oxygens (including phenoxy) is 1. The molecule has 3 heterocycles. The Morgan fingerprint density at radius 2 is 1.22 bits per heavy atom. The minimum absolute atomic E-state index is 0.702. The van der Waals surface area contributed by atoms with Crippen LogP contribution in [0.4, 0.5) is 17.1 Å². The highest BCUT2D eigenvalue weighted by atomic mass is 16.5. The average molecular weight is 807 g/mol. The van der Waals surface area contributed by atoms with Crippen LogP contribution < -0.4 is 9.64 Å². The summed E-state index contributed by atoms with van der Waals surface area (Å²) < 4.78 is 9.07. The maximum atomic E-state index is 6.65. The van der Waals surface area contributed by atoms with Crippen LogP contribution in [0.2, 0.25) is 0 Å². The third-order valence-electron chi connectivity index (χ3n) is 12.8. The van der Waals surface area contributed by atoms with E-state index in [4.69, 9.17) is 14.7 Å². The summed E-state index contributed by atoms with van der Waals surface area (Å²) >= 11 is 0. The van der Waals surface area contributed by atoms with Crippen molar-refractivity contribution in [1.82, 2.24) is 14.5 Å². The van der Waals surface area contributed by atoms with Crippen molar-refractivity contribution in [1.29, 1.82) is 0 Å². The summed E-state index contributed by atoms with van der Waals surface area (Å²) in [5, 5.41) is 5.85. The van der Waals surface area contributed by atoms with Crippen molar-refractivity contribution in [2.75, 3.05) is 4.90 Å². The zero-order valence-electron chi connectivity index (χ0n) is 34.2. The lowest BCUT2D eigenvalue weighted by molar-refractivity contribution is 0.477. The van der Waals surface area contributed by atoms with Gasteiger partial charge >= 0.3 is 0 Å². The molecule has 0 fully saturated rings. The zero-order chi connectivity index (χ0) is 41.4. The standard InChI is InChI=1S/C58H38N4O/c1-3-16-39(17-4-1)56-47-30-26-38-15-8-10-23-46(38)57(47)60-58(59-56)42-18-13-21-44(34-42)62-49-31-28-40(35-48(49)55-45-22-9-7-14-37(45)27-33-52(55)62)41-29-32-51-54(36-41)63-53-25-12-11-24-50(53)61(51)43-19-5-2-6-20-43/h1-8,10-21,23-36H,9,22H2. The summed E-state index contributed by atoms with van der Waals surface area (Å²) in [6.07, 6.45) is 6.60. The number of allylic oxidation sites excluding steroid dienone is 1. The van der Waals surface area contributed by atoms with Crippen LogP contribution in [0.3, 0.4) is 0 Å². The van der Waals surface area contributed by atoms with E-state index in [9.17, 15) is 0 Å². The van der Waals surface area contributed by atoms with Gasteiger partial charge in [-0.15, -0.1) is 0 Å². The maximum absolute atomic E-state index is 6.65. The van der Waals surface area contributed by atoms with E-state index in [2.05, 4.69) is 204 Å². The van der Waals surface area contributed by atoms with Crippen molar-refractivity contribution < 1.29 is 4.74 Å². The second-order valence-electron chi connectivity index (χ2n) is 16.5. The quantitative estimate of drug-likeness (QED) is 0.163. The Morgan fingerprint density at radius 3 is 2.14 bits per heavy atom. The van der Waals surface area contributed by atoms with E-state index < -0.39 is 0 Å². The van der Waals surface area contributed by atoms with Crippen LogP contribution >= 0.6 is 0 Å². The molecule has 0 amide bonds. The maximum Gasteiger partial charge on any atom is 0.160 e. The molecule has 0 spiro atoms. The predicted molar refractivity (Wildman–Crippen MR) is 260 cm³/mol. The van der Waals surface area contributed by atoms with Crippen LogP contribution in [0.1, 0.15) is 17.5 Å². The number of anilines is 3. The van der Waals surface area contributed by atoms with Crippen molar-refractivity contribution >= 4 is 66.6 Å². The molecular formula is C58H38N4O. The topological polar surface area (TPSA) is 43.2 Å². The Labute approximate surface area is 364 Å². The van der Waals surface area contributed by atoms with E-state index in [1.54, 1.807) is 0 Å². The normalized spacial score (nSPS) is 13.0. The first-order valence-electron chi connectivity index (χ1n) is 21.6. The summed E-state index contributed by atoms with van der Waals surface area (Å²) in [6.45, 7) is 0. The fourth-order valence-corrected chi connectivity index (χ4v) is 9.91. The van der Waals surface area contributed by atoms with Crippen LogP contribution in [-0.4, -0.2) is 14.5 Å². The van der Waals surface area contributed by atoms with Gasteiger partial charge in [0.25, 0.3) is 0 Å². The van der Waals surface area contributed by atoms with Gasteiger partial charge in [-0.2, -0.15) is 0 Å². The molecule has 0 atom stereocenters. The molecule has 0 unspecified atom stereocenters. The molecule has 9 aromatic carbocycles. The zero-order valence-corrected chi connectivity index (χ0v) is 34.2. The smallest absolute Gasteiger partial charge is 0.160 e. The first kappa shape index (κ1) is 35.5. The number of hydrogen-bond donors (Lipinski definition) is 0. The monoisotopic (exact) mass is 806 g/mol. The van der Waals surface area contributed by atoms with Crippen LogP contribution in [0.15, 0.2) is 200 Å². The van der Waals surface area contributed by atoms with Gasteiger partial charge in [0, 0.05) is 44.0 Å². The number of benzene rings is 9. The highest BCUT2D eigenvalue weighted by Gasteiger charge is 2.27. The SMILES string of the molecule is C1=Cc2ccc3c(c2CC1)c1cc(-c2ccc4c(c2)Oc2ccccc2N4c2ccccc2)ccc1n3-c1cccc(-c2nc(-c3ccccc3)c3ccc4ccccc4c3n2)c1. The fraction of sp³-hybridized carbons (Fsp3) is 0.0345. The molecule has 5 nitrogen and oxygen atoms in total. The number of aromatic nitrogens is 3. The van der Waals surface area contributed by atoms with Crippen molar-refractivity contribution in [3.63, 3.8) is 0 Å². The number of hydrogen-bond acceptors (Lipinski definition) is 4. The Hall–Kier alpha value is -8.28. The first-order valence-corrected chi connectivity index (χ1v) is 21.6. The van der Waals surface area contributed by atoms with Gasteiger partial charge in [-0.05, 0) is 113 Å². The second-order valence-corrected chi connectivity index (χ2v) is 16.5. The largest absolute Gasteiger partial charge is 0.453 e. The Morgan fingerprint density at radius 1 is 0.476 bits per heavy atom. The minimum Gasteiger partial charge on any atom is -0.453 e. The molecule has 2 aromatic heterocycles. The third-order valence-corrected chi connectivity index (χ3v) is 12.8. The van der Waals surface area contributed by atoms with Gasteiger partial charge in [0.1, 0.15) is 0 Å². The van der Waals surface area contributed by atoms with E-state index in [0.29, 0.717) is 5.82 Å². The molecule has 5 heteroatoms. The highest BCUT2D eigenvalue weighted by Crippen LogP contribution is 2.51. The number of nitrogens with zero attached hydrogens (tertiary/aromatic N) is 4. The molecule has 0 radical (unpaired) electrons. The van der Waals surface area contributed by atoms with Crippen molar-refractivity contribution in [3.05, 3.63) is 211 Å². The molecule has 1 aliphatic heterocycles. The summed E-state index contributed by atoms with van der Waals surface area (Å²) in [5.74, 6) is 2.37. The van der Waals surface area contributed by atoms with Crippen LogP contribution in [0, 0.1) is 0 Å². The van der Waals surface area contributed by atoms with Crippen LogP contribution in [0.5, 0.6) is 11.5 Å². The Bertz CT molecular complexity index is 3660. The molecule has 11 aromatic rings. The molecule has 13 rings (SSSR count). The number of aryl methyl sites for hydroxylation is 1. The predicted octanol–water partition coefficient (Wildman–Crippen LogP) is 15.4. The fourth-order valence-electron chi connectivity index (χ4n) is 9.91. The molecule has 0 saturated heterocycles. The summed E-state index contributed by atoms with van der Waals surface area (Å²) in [7, 11) is 0. The minimum atomic E-state index is 0.702. The van der Waals surface area contributed by atoms with Crippen molar-refractivity contribution in [2.45, 2.75) is 12.8 Å². The van der Waals surface area contributed by atoms with Gasteiger partial charge in [-0.25, -0.2) is 9.97 Å². The van der Waals surface area contributed by atoms with Gasteiger partial charge in [0.2, 0.25) is 0 Å². The molecule has 296 valence electrons. The van der Waals surface area contributed by atoms with Gasteiger partial charge < -0.3 is 14.2 Å². The Balaban J connectivity index is 0.979. The van der Waals surface area contributed by atoms with Crippen molar-refractivity contribution in [2.24, 2.45) is 0 Å².